The van der Waals surface area contributed by atoms with Gasteiger partial charge in [-0.3, -0.25) is 10.00 Å². The van der Waals surface area contributed by atoms with E-state index in [1.54, 1.807) is 29.4 Å². The van der Waals surface area contributed by atoms with Gasteiger partial charge in [-0.1, -0.05) is 18.2 Å². The average Bonchev–Trinajstić information content (AvgIpc) is 3.43. The summed E-state index contributed by atoms with van der Waals surface area (Å²) in [5, 5.41) is 24.1. The Morgan fingerprint density at radius 3 is 2.82 bits per heavy atom. The van der Waals surface area contributed by atoms with E-state index in [0.29, 0.717) is 18.1 Å². The van der Waals surface area contributed by atoms with Gasteiger partial charge < -0.3 is 15.0 Å². The molecule has 1 aromatic carbocycles. The highest BCUT2D eigenvalue weighted by atomic mass is 32.2. The molecule has 0 bridgehead atoms. The molecule has 0 aliphatic rings. The van der Waals surface area contributed by atoms with Gasteiger partial charge in [-0.25, -0.2) is 27.9 Å². The Labute approximate surface area is 194 Å². The fourth-order valence-corrected chi connectivity index (χ4v) is 3.70. The van der Waals surface area contributed by atoms with E-state index < -0.39 is 21.7 Å². The van der Waals surface area contributed by atoms with Gasteiger partial charge >= 0.3 is 0 Å². The van der Waals surface area contributed by atoms with Crippen LogP contribution in [0.25, 0.3) is 11.1 Å². The van der Waals surface area contributed by atoms with Crippen LogP contribution in [0.1, 0.15) is 5.56 Å². The number of anilines is 3. The van der Waals surface area contributed by atoms with Gasteiger partial charge in [0.2, 0.25) is 21.9 Å². The number of nitrogens with zero attached hydrogens (tertiary/aromatic N) is 6. The van der Waals surface area contributed by atoms with Crippen molar-refractivity contribution in [3.63, 3.8) is 0 Å². The lowest BCUT2D eigenvalue weighted by Crippen LogP contribution is -2.19. The van der Waals surface area contributed by atoms with Gasteiger partial charge in [-0.15, -0.1) is 0 Å². The third-order valence-corrected chi connectivity index (χ3v) is 5.31. The number of rotatable bonds is 10. The Kier molecular flexibility index (Phi) is 6.81. The van der Waals surface area contributed by atoms with Crippen molar-refractivity contribution in [2.24, 2.45) is 5.14 Å². The van der Waals surface area contributed by atoms with E-state index in [1.807, 2.05) is 24.3 Å². The van der Waals surface area contributed by atoms with Crippen molar-refractivity contribution in [1.29, 1.82) is 0 Å². The molecule has 0 saturated heterocycles. The molecular weight excluding hydrogens is 465 g/mol. The third-order valence-electron chi connectivity index (χ3n) is 4.69. The zero-order chi connectivity index (χ0) is 24.1. The van der Waals surface area contributed by atoms with Crippen molar-refractivity contribution in [2.45, 2.75) is 19.0 Å². The fourth-order valence-electron chi connectivity index (χ4n) is 3.19. The maximum absolute atomic E-state index is 14.3. The van der Waals surface area contributed by atoms with E-state index in [2.05, 4.69) is 30.7 Å². The highest BCUT2D eigenvalue weighted by molar-refractivity contribution is 7.88. The molecule has 12 nitrogen and oxygen atoms in total. The molecule has 0 aliphatic heterocycles. The molecule has 0 atom stereocenters. The van der Waals surface area contributed by atoms with Crippen molar-refractivity contribution >= 4 is 27.7 Å². The van der Waals surface area contributed by atoms with E-state index >= 15 is 0 Å². The predicted molar refractivity (Wildman–Crippen MR) is 123 cm³/mol. The predicted octanol–water partition coefficient (Wildman–Crippen LogP) is 1.27. The number of nitrogens with one attached hydrogen (secondary N) is 2. The number of hydrogen-bond donors (Lipinski definition) is 4. The van der Waals surface area contributed by atoms with Gasteiger partial charge in [-0.05, 0) is 17.2 Å². The molecular formula is C20H22FN9O3S. The van der Waals surface area contributed by atoms with Crippen LogP contribution >= 0.6 is 0 Å². The number of nitrogens with two attached hydrogens (primary N) is 1. The van der Waals surface area contributed by atoms with Crippen LogP contribution in [-0.2, 0) is 29.0 Å². The number of primary sulfonamides is 1. The second-order valence-electron chi connectivity index (χ2n) is 7.30. The lowest BCUT2D eigenvalue weighted by atomic mass is 10.1. The van der Waals surface area contributed by atoms with Crippen LogP contribution in [0.15, 0.2) is 55.2 Å². The summed E-state index contributed by atoms with van der Waals surface area (Å²) in [6.07, 6.45) is 7.42. The first-order valence-corrected chi connectivity index (χ1v) is 11.8. The number of imidazole rings is 1. The summed E-state index contributed by atoms with van der Waals surface area (Å²) in [6.45, 7) is 0.547. The number of hydrogen-bond acceptors (Lipinski definition) is 9. The quantitative estimate of drug-likeness (QED) is 0.258. The minimum Gasteiger partial charge on any atom is -0.395 e. The van der Waals surface area contributed by atoms with Crippen LogP contribution in [0.2, 0.25) is 0 Å². The van der Waals surface area contributed by atoms with Crippen LogP contribution in [0.3, 0.4) is 0 Å². The van der Waals surface area contributed by atoms with Crippen LogP contribution < -0.4 is 15.8 Å². The van der Waals surface area contributed by atoms with Crippen molar-refractivity contribution in [3.05, 3.63) is 66.6 Å². The molecule has 0 saturated carbocycles. The smallest absolute Gasteiger partial charge is 0.231 e. The molecule has 178 valence electrons. The molecule has 0 amide bonds. The fraction of sp³-hybridized carbons (Fsp3) is 0.200. The standard InChI is InChI=1S/C20H22FN9O3S/c21-17-11-25-19(28-20-23-4-5-29(20)6-7-31)27-18(17)24-9-14-2-1-3-15(8-14)16-10-26-30(12-16)13-34(22,32)33/h1-5,8,10-12,31H,6-7,9,13H2,(H2,22,32,33)(H2,23,24,25,27,28). The molecule has 0 fully saturated rings. The summed E-state index contributed by atoms with van der Waals surface area (Å²) in [7, 11) is -3.70. The van der Waals surface area contributed by atoms with Gasteiger partial charge in [0.25, 0.3) is 0 Å². The molecule has 34 heavy (non-hydrogen) atoms. The van der Waals surface area contributed by atoms with Gasteiger partial charge in [0.15, 0.2) is 17.5 Å². The second-order valence-corrected chi connectivity index (χ2v) is 8.88. The largest absolute Gasteiger partial charge is 0.395 e. The first kappa shape index (κ1) is 23.3. The minimum absolute atomic E-state index is 0.00383. The lowest BCUT2D eigenvalue weighted by molar-refractivity contribution is 0.277. The Balaban J connectivity index is 1.45. The molecule has 4 rings (SSSR count). The average molecular weight is 488 g/mol. The summed E-state index contributed by atoms with van der Waals surface area (Å²) < 4.78 is 39.7. The van der Waals surface area contributed by atoms with E-state index in [4.69, 9.17) is 10.2 Å². The van der Waals surface area contributed by atoms with E-state index in [1.165, 1.54) is 4.68 Å². The number of benzene rings is 1. The van der Waals surface area contributed by atoms with Crippen molar-refractivity contribution in [1.82, 2.24) is 29.3 Å². The molecule has 3 aromatic heterocycles. The number of aliphatic hydroxyl groups excluding tert-OH is 1. The molecule has 0 spiro atoms. The number of aliphatic hydroxyl groups is 1. The van der Waals surface area contributed by atoms with Crippen LogP contribution in [0.4, 0.5) is 22.1 Å². The minimum atomic E-state index is -3.70. The van der Waals surface area contributed by atoms with Gasteiger partial charge in [0.05, 0.1) is 19.0 Å². The second kappa shape index (κ2) is 9.94. The molecule has 3 heterocycles. The first-order chi connectivity index (χ1) is 16.3. The Morgan fingerprint density at radius 2 is 2.03 bits per heavy atom. The molecule has 5 N–H and O–H groups in total. The van der Waals surface area contributed by atoms with Crippen LogP contribution in [0.5, 0.6) is 0 Å². The molecule has 14 heteroatoms. The SMILES string of the molecule is NS(=O)(=O)Cn1cc(-c2cccc(CNc3nc(Nc4nccn4CCO)ncc3F)c2)cn1. The van der Waals surface area contributed by atoms with E-state index in [0.717, 1.165) is 17.3 Å². The monoisotopic (exact) mass is 487 g/mol. The van der Waals surface area contributed by atoms with Crippen LogP contribution in [0, 0.1) is 5.82 Å². The van der Waals surface area contributed by atoms with Crippen LogP contribution in [-0.4, -0.2) is 49.4 Å². The van der Waals surface area contributed by atoms with Crippen molar-refractivity contribution < 1.29 is 17.9 Å². The zero-order valence-corrected chi connectivity index (χ0v) is 18.7. The highest BCUT2D eigenvalue weighted by Crippen LogP contribution is 2.21. The van der Waals surface area contributed by atoms with Gasteiger partial charge in [0, 0.05) is 37.2 Å². The first-order valence-electron chi connectivity index (χ1n) is 10.1. The summed E-state index contributed by atoms with van der Waals surface area (Å²) >= 11 is 0. The Bertz CT molecular complexity index is 1390. The third kappa shape index (κ3) is 5.92. The summed E-state index contributed by atoms with van der Waals surface area (Å²) in [5.41, 5.74) is 2.35. The normalized spacial score (nSPS) is 11.5. The molecule has 4 aromatic rings. The lowest BCUT2D eigenvalue weighted by Gasteiger charge is -2.11. The van der Waals surface area contributed by atoms with Gasteiger partial charge in [0.1, 0.15) is 0 Å². The number of halogens is 1. The highest BCUT2D eigenvalue weighted by Gasteiger charge is 2.11. The number of sulfonamides is 1. The summed E-state index contributed by atoms with van der Waals surface area (Å²) in [5.74, 6) is -0.473. The maximum atomic E-state index is 14.3. The molecule has 0 radical (unpaired) electrons. The Morgan fingerprint density at radius 1 is 1.18 bits per heavy atom. The van der Waals surface area contributed by atoms with E-state index in [9.17, 15) is 12.8 Å². The van der Waals surface area contributed by atoms with Crippen molar-refractivity contribution in [3.8, 4) is 11.1 Å². The maximum Gasteiger partial charge on any atom is 0.231 e. The molecule has 0 unspecified atom stereocenters. The topological polar surface area (TPSA) is 166 Å². The zero-order valence-electron chi connectivity index (χ0n) is 17.8. The summed E-state index contributed by atoms with van der Waals surface area (Å²) in [4.78, 5) is 12.2. The van der Waals surface area contributed by atoms with E-state index in [-0.39, 0.29) is 24.9 Å². The number of aromatic nitrogens is 6. The van der Waals surface area contributed by atoms with Gasteiger partial charge in [-0.2, -0.15) is 10.1 Å². The Hall–Kier alpha value is -3.88. The summed E-state index contributed by atoms with van der Waals surface area (Å²) in [6, 6.07) is 7.40. The molecule has 0 aliphatic carbocycles. The van der Waals surface area contributed by atoms with Crippen molar-refractivity contribution in [2.75, 3.05) is 17.2 Å².